The second kappa shape index (κ2) is 10.0. The number of amides is 3. The van der Waals surface area contributed by atoms with Crippen LogP contribution in [-0.4, -0.2) is 61.0 Å². The zero-order chi connectivity index (χ0) is 18.1. The Morgan fingerprint density at radius 3 is 2.36 bits per heavy atom. The average Bonchev–Trinajstić information content (AvgIpc) is 2.63. The Kier molecular flexibility index (Phi) is 7.73. The molecule has 1 heterocycles. The Bertz CT molecular complexity index is 542. The van der Waals surface area contributed by atoms with Gasteiger partial charge in [0.1, 0.15) is 0 Å². The number of carbonyl (C=O) groups is 2. The molecule has 1 aliphatic heterocycles. The van der Waals surface area contributed by atoms with E-state index in [2.05, 4.69) is 34.6 Å². The number of hydrogen-bond donors (Lipinski definition) is 2. The summed E-state index contributed by atoms with van der Waals surface area (Å²) in [5, 5.41) is 5.98. The summed E-state index contributed by atoms with van der Waals surface area (Å²) in [7, 11) is 0. The Morgan fingerprint density at radius 2 is 1.76 bits per heavy atom. The molecule has 6 nitrogen and oxygen atoms in total. The molecule has 1 unspecified atom stereocenters. The van der Waals surface area contributed by atoms with Gasteiger partial charge in [0.15, 0.2) is 0 Å². The van der Waals surface area contributed by atoms with Crippen molar-refractivity contribution in [2.45, 2.75) is 32.7 Å². The van der Waals surface area contributed by atoms with E-state index >= 15 is 0 Å². The molecule has 0 spiro atoms. The third-order valence-corrected chi connectivity index (χ3v) is 4.47. The Balaban J connectivity index is 1.80. The Hall–Kier alpha value is -2.08. The Morgan fingerprint density at radius 1 is 1.08 bits per heavy atom. The third kappa shape index (κ3) is 6.05. The molecule has 3 amide bonds. The van der Waals surface area contributed by atoms with Gasteiger partial charge in [-0.2, -0.15) is 0 Å². The van der Waals surface area contributed by atoms with Gasteiger partial charge in [-0.1, -0.05) is 43.7 Å². The molecule has 1 saturated heterocycles. The van der Waals surface area contributed by atoms with E-state index in [1.54, 1.807) is 0 Å². The van der Waals surface area contributed by atoms with E-state index in [1.165, 1.54) is 0 Å². The standard InChI is InChI=1S/C19H30N4O2/c1-3-8-17(16-9-6-5-7-10-16)21-18(24)15-22-11-13-23(14-12-22)19(25)20-4-2/h5-7,9-10,17H,3-4,8,11-15H2,1-2H3,(H,20,25)(H,21,24). The molecule has 25 heavy (non-hydrogen) atoms. The minimum absolute atomic E-state index is 0.0151. The summed E-state index contributed by atoms with van der Waals surface area (Å²) in [4.78, 5) is 28.2. The highest BCUT2D eigenvalue weighted by Crippen LogP contribution is 2.18. The van der Waals surface area contributed by atoms with Crippen molar-refractivity contribution in [2.75, 3.05) is 39.3 Å². The molecule has 0 radical (unpaired) electrons. The zero-order valence-electron chi connectivity index (χ0n) is 15.3. The van der Waals surface area contributed by atoms with E-state index in [9.17, 15) is 9.59 Å². The number of hydrogen-bond acceptors (Lipinski definition) is 3. The van der Waals surface area contributed by atoms with Crippen molar-refractivity contribution in [3.8, 4) is 0 Å². The van der Waals surface area contributed by atoms with Crippen molar-refractivity contribution in [3.05, 3.63) is 35.9 Å². The van der Waals surface area contributed by atoms with Crippen LogP contribution in [-0.2, 0) is 4.79 Å². The van der Waals surface area contributed by atoms with Gasteiger partial charge in [0.05, 0.1) is 12.6 Å². The van der Waals surface area contributed by atoms with Crippen molar-refractivity contribution >= 4 is 11.9 Å². The highest BCUT2D eigenvalue weighted by atomic mass is 16.2. The predicted octanol–water partition coefficient (Wildman–Crippen LogP) is 1.99. The maximum absolute atomic E-state index is 12.4. The van der Waals surface area contributed by atoms with E-state index < -0.39 is 0 Å². The molecule has 0 aromatic heterocycles. The summed E-state index contributed by atoms with van der Waals surface area (Å²) in [5.41, 5.74) is 1.15. The lowest BCUT2D eigenvalue weighted by Gasteiger charge is -2.34. The van der Waals surface area contributed by atoms with Crippen LogP contribution in [0, 0.1) is 0 Å². The molecule has 2 N–H and O–H groups in total. The molecule has 0 aliphatic carbocycles. The minimum Gasteiger partial charge on any atom is -0.348 e. The van der Waals surface area contributed by atoms with Crippen molar-refractivity contribution in [1.29, 1.82) is 0 Å². The second-order valence-corrected chi connectivity index (χ2v) is 6.42. The van der Waals surface area contributed by atoms with E-state index in [4.69, 9.17) is 0 Å². The molecule has 1 atom stereocenters. The maximum atomic E-state index is 12.4. The third-order valence-electron chi connectivity index (χ3n) is 4.47. The molecule has 6 heteroatoms. The molecule has 1 aromatic rings. The second-order valence-electron chi connectivity index (χ2n) is 6.42. The summed E-state index contributed by atoms with van der Waals surface area (Å²) in [5.74, 6) is 0.0498. The van der Waals surface area contributed by atoms with Crippen LogP contribution in [0.5, 0.6) is 0 Å². The van der Waals surface area contributed by atoms with Crippen LogP contribution >= 0.6 is 0 Å². The lowest BCUT2D eigenvalue weighted by atomic mass is 10.0. The van der Waals surface area contributed by atoms with Crippen LogP contribution < -0.4 is 10.6 Å². The first-order chi connectivity index (χ1) is 12.1. The van der Waals surface area contributed by atoms with Crippen LogP contribution in [0.25, 0.3) is 0 Å². The smallest absolute Gasteiger partial charge is 0.317 e. The van der Waals surface area contributed by atoms with Gasteiger partial charge in [0.25, 0.3) is 0 Å². The van der Waals surface area contributed by atoms with E-state index in [0.29, 0.717) is 26.2 Å². The van der Waals surface area contributed by atoms with Crippen LogP contribution in [0.1, 0.15) is 38.3 Å². The largest absolute Gasteiger partial charge is 0.348 e. The lowest BCUT2D eigenvalue weighted by Crippen LogP contribution is -2.53. The highest BCUT2D eigenvalue weighted by Gasteiger charge is 2.23. The van der Waals surface area contributed by atoms with Gasteiger partial charge >= 0.3 is 6.03 Å². The summed E-state index contributed by atoms with van der Waals surface area (Å²) >= 11 is 0. The average molecular weight is 346 g/mol. The zero-order valence-corrected chi connectivity index (χ0v) is 15.3. The van der Waals surface area contributed by atoms with Crippen LogP contribution in [0.3, 0.4) is 0 Å². The normalized spacial score (nSPS) is 16.3. The molecule has 1 fully saturated rings. The SMILES string of the molecule is CCCC(NC(=O)CN1CCN(C(=O)NCC)CC1)c1ccccc1. The van der Waals surface area contributed by atoms with E-state index in [1.807, 2.05) is 30.0 Å². The summed E-state index contributed by atoms with van der Waals surface area (Å²) < 4.78 is 0. The number of piperazine rings is 1. The lowest BCUT2D eigenvalue weighted by molar-refractivity contribution is -0.123. The highest BCUT2D eigenvalue weighted by molar-refractivity contribution is 5.78. The number of nitrogens with one attached hydrogen (secondary N) is 2. The monoisotopic (exact) mass is 346 g/mol. The van der Waals surface area contributed by atoms with E-state index in [0.717, 1.165) is 31.5 Å². The summed E-state index contributed by atoms with van der Waals surface area (Å²) in [6.45, 7) is 7.85. The first kappa shape index (κ1) is 19.2. The topological polar surface area (TPSA) is 64.7 Å². The van der Waals surface area contributed by atoms with Crippen molar-refractivity contribution < 1.29 is 9.59 Å². The molecule has 2 rings (SSSR count). The number of urea groups is 1. The van der Waals surface area contributed by atoms with Gasteiger partial charge in [-0.05, 0) is 18.9 Å². The molecular formula is C19H30N4O2. The molecule has 138 valence electrons. The van der Waals surface area contributed by atoms with Gasteiger partial charge in [0.2, 0.25) is 5.91 Å². The van der Waals surface area contributed by atoms with Gasteiger partial charge in [0, 0.05) is 32.7 Å². The van der Waals surface area contributed by atoms with Crippen molar-refractivity contribution in [3.63, 3.8) is 0 Å². The molecule has 0 saturated carbocycles. The number of carbonyl (C=O) groups excluding carboxylic acids is 2. The van der Waals surface area contributed by atoms with Gasteiger partial charge in [-0.25, -0.2) is 4.79 Å². The number of nitrogens with zero attached hydrogens (tertiary/aromatic N) is 2. The molecular weight excluding hydrogens is 316 g/mol. The summed E-state index contributed by atoms with van der Waals surface area (Å²) in [6.07, 6.45) is 1.95. The molecule has 1 aromatic carbocycles. The quantitative estimate of drug-likeness (QED) is 0.794. The van der Waals surface area contributed by atoms with Crippen LogP contribution in [0.15, 0.2) is 30.3 Å². The summed E-state index contributed by atoms with van der Waals surface area (Å²) in [6, 6.07) is 10.2. The van der Waals surface area contributed by atoms with Crippen LogP contribution in [0.2, 0.25) is 0 Å². The van der Waals surface area contributed by atoms with E-state index in [-0.39, 0.29) is 18.0 Å². The fourth-order valence-electron chi connectivity index (χ4n) is 3.11. The van der Waals surface area contributed by atoms with Gasteiger partial charge in [-0.3, -0.25) is 9.69 Å². The molecule has 0 bridgehead atoms. The fraction of sp³-hybridized carbons (Fsp3) is 0.579. The molecule has 1 aliphatic rings. The fourth-order valence-corrected chi connectivity index (χ4v) is 3.11. The minimum atomic E-state index is -0.0151. The number of benzene rings is 1. The van der Waals surface area contributed by atoms with Gasteiger partial charge < -0.3 is 15.5 Å². The first-order valence-electron chi connectivity index (χ1n) is 9.23. The first-order valence-corrected chi connectivity index (χ1v) is 9.23. The van der Waals surface area contributed by atoms with Gasteiger partial charge in [-0.15, -0.1) is 0 Å². The maximum Gasteiger partial charge on any atom is 0.317 e. The predicted molar refractivity (Wildman–Crippen MR) is 99.3 cm³/mol. The van der Waals surface area contributed by atoms with Crippen LogP contribution in [0.4, 0.5) is 4.79 Å². The number of rotatable bonds is 7. The van der Waals surface area contributed by atoms with Crippen molar-refractivity contribution in [2.24, 2.45) is 0 Å². The Labute approximate surface area is 150 Å². The van der Waals surface area contributed by atoms with Crippen molar-refractivity contribution in [1.82, 2.24) is 20.4 Å².